The highest BCUT2D eigenvalue weighted by Gasteiger charge is 2.22. The topological polar surface area (TPSA) is 87.0 Å². The third kappa shape index (κ3) is 2.78. The van der Waals surface area contributed by atoms with Crippen LogP contribution in [0.15, 0.2) is 30.5 Å². The number of aryl methyl sites for hydroxylation is 1. The lowest BCUT2D eigenvalue weighted by Gasteiger charge is -2.06. The van der Waals surface area contributed by atoms with Gasteiger partial charge in [-0.05, 0) is 49.9 Å². The molecule has 3 N–H and O–H groups in total. The number of aromatic nitrogens is 2. The Hall–Kier alpha value is -3.02. The summed E-state index contributed by atoms with van der Waals surface area (Å²) in [6.45, 7) is 5.53. The van der Waals surface area contributed by atoms with Crippen molar-refractivity contribution in [1.29, 1.82) is 0 Å². The van der Waals surface area contributed by atoms with Crippen LogP contribution in [-0.2, 0) is 4.74 Å². The van der Waals surface area contributed by atoms with Crippen LogP contribution in [0.4, 0.5) is 5.69 Å². The van der Waals surface area contributed by atoms with Gasteiger partial charge in [0.15, 0.2) is 0 Å². The second kappa shape index (κ2) is 6.23. The third-order valence-corrected chi connectivity index (χ3v) is 3.96. The van der Waals surface area contributed by atoms with Gasteiger partial charge in [-0.1, -0.05) is 6.07 Å². The molecule has 3 rings (SSSR count). The van der Waals surface area contributed by atoms with E-state index in [0.29, 0.717) is 28.2 Å². The lowest BCUT2D eigenvalue weighted by atomic mass is 10.1. The third-order valence-electron chi connectivity index (χ3n) is 3.96. The number of rotatable bonds is 4. The molecule has 0 saturated carbocycles. The average Bonchev–Trinajstić information content (AvgIpc) is 3.11. The molecule has 0 saturated heterocycles. The van der Waals surface area contributed by atoms with Crippen molar-refractivity contribution in [3.05, 3.63) is 53.0 Å². The summed E-state index contributed by atoms with van der Waals surface area (Å²) in [6.07, 6.45) is 1.85. The van der Waals surface area contributed by atoms with E-state index in [1.54, 1.807) is 20.8 Å². The Balaban J connectivity index is 1.88. The molecular weight excluding hydrogens is 306 g/mol. The Bertz CT molecular complexity index is 921. The van der Waals surface area contributed by atoms with Gasteiger partial charge in [0.1, 0.15) is 5.69 Å². The van der Waals surface area contributed by atoms with E-state index < -0.39 is 5.97 Å². The number of carbonyl (C=O) groups is 2. The van der Waals surface area contributed by atoms with Gasteiger partial charge in [0, 0.05) is 23.1 Å². The first-order valence-electron chi connectivity index (χ1n) is 7.76. The van der Waals surface area contributed by atoms with E-state index >= 15 is 0 Å². The molecule has 3 aromatic rings. The van der Waals surface area contributed by atoms with Gasteiger partial charge in [-0.15, -0.1) is 0 Å². The maximum atomic E-state index is 12.6. The second-order valence-electron chi connectivity index (χ2n) is 5.58. The summed E-state index contributed by atoms with van der Waals surface area (Å²) < 4.78 is 5.01. The fourth-order valence-corrected chi connectivity index (χ4v) is 2.82. The lowest BCUT2D eigenvalue weighted by molar-refractivity contribution is 0.0519. The number of carbonyl (C=O) groups excluding carboxylic acids is 2. The molecule has 0 spiro atoms. The van der Waals surface area contributed by atoms with Gasteiger partial charge in [0.2, 0.25) is 0 Å². The Morgan fingerprint density at radius 2 is 2.00 bits per heavy atom. The fraction of sp³-hybridized carbons (Fsp3) is 0.222. The Morgan fingerprint density at radius 1 is 1.21 bits per heavy atom. The zero-order valence-corrected chi connectivity index (χ0v) is 13.8. The second-order valence-corrected chi connectivity index (χ2v) is 5.58. The number of fused-ring (bicyclic) bond motifs is 1. The number of anilines is 1. The first-order valence-corrected chi connectivity index (χ1v) is 7.76. The van der Waals surface area contributed by atoms with Crippen LogP contribution in [0.2, 0.25) is 0 Å². The Morgan fingerprint density at radius 3 is 2.75 bits per heavy atom. The molecule has 0 aliphatic carbocycles. The van der Waals surface area contributed by atoms with Gasteiger partial charge in [-0.3, -0.25) is 4.79 Å². The molecule has 0 fully saturated rings. The quantitative estimate of drug-likeness (QED) is 0.641. The highest BCUT2D eigenvalue weighted by molar-refractivity contribution is 6.08. The number of aromatic amines is 2. The molecule has 0 atom stereocenters. The van der Waals surface area contributed by atoms with Crippen molar-refractivity contribution in [2.75, 3.05) is 11.9 Å². The Labute approximate surface area is 139 Å². The van der Waals surface area contributed by atoms with E-state index in [1.807, 2.05) is 30.5 Å². The predicted octanol–water partition coefficient (Wildman–Crippen LogP) is 3.54. The van der Waals surface area contributed by atoms with E-state index in [2.05, 4.69) is 15.3 Å². The molecule has 24 heavy (non-hydrogen) atoms. The summed E-state index contributed by atoms with van der Waals surface area (Å²) in [7, 11) is 0. The van der Waals surface area contributed by atoms with Crippen molar-refractivity contribution >= 4 is 28.5 Å². The van der Waals surface area contributed by atoms with Crippen molar-refractivity contribution in [1.82, 2.24) is 9.97 Å². The summed E-state index contributed by atoms with van der Waals surface area (Å²) >= 11 is 0. The van der Waals surface area contributed by atoms with Crippen LogP contribution in [-0.4, -0.2) is 28.5 Å². The number of esters is 1. The minimum absolute atomic E-state index is 0.261. The molecule has 2 heterocycles. The number of hydrogen-bond acceptors (Lipinski definition) is 3. The number of ether oxygens (including phenoxy) is 1. The first kappa shape index (κ1) is 15.9. The molecule has 2 aromatic heterocycles. The van der Waals surface area contributed by atoms with Crippen LogP contribution in [0.5, 0.6) is 0 Å². The molecule has 6 heteroatoms. The summed E-state index contributed by atoms with van der Waals surface area (Å²) in [5.74, 6) is -0.715. The van der Waals surface area contributed by atoms with Crippen molar-refractivity contribution in [2.24, 2.45) is 0 Å². The number of amides is 1. The van der Waals surface area contributed by atoms with Gasteiger partial charge in [-0.2, -0.15) is 0 Å². The van der Waals surface area contributed by atoms with Gasteiger partial charge in [0.05, 0.1) is 12.2 Å². The number of nitrogens with one attached hydrogen (secondary N) is 3. The van der Waals surface area contributed by atoms with Crippen LogP contribution in [0.25, 0.3) is 10.9 Å². The standard InChI is InChI=1S/C18H19N3O3/c1-4-24-18(23)16-10(2)15(11(3)20-16)17(22)21-13-6-5-12-7-8-19-14(12)9-13/h5-9,19-20H,4H2,1-3H3,(H,21,22). The van der Waals surface area contributed by atoms with E-state index in [9.17, 15) is 9.59 Å². The molecule has 0 unspecified atom stereocenters. The van der Waals surface area contributed by atoms with E-state index in [4.69, 9.17) is 4.74 Å². The molecule has 1 amide bonds. The highest BCUT2D eigenvalue weighted by atomic mass is 16.5. The monoisotopic (exact) mass is 325 g/mol. The maximum absolute atomic E-state index is 12.6. The first-order chi connectivity index (χ1) is 11.5. The van der Waals surface area contributed by atoms with Gasteiger partial charge in [-0.25, -0.2) is 4.79 Å². The average molecular weight is 325 g/mol. The zero-order chi connectivity index (χ0) is 17.3. The van der Waals surface area contributed by atoms with Crippen LogP contribution < -0.4 is 5.32 Å². The number of H-pyrrole nitrogens is 2. The molecule has 0 aliphatic heterocycles. The molecule has 1 aromatic carbocycles. The molecule has 0 aliphatic rings. The number of benzene rings is 1. The molecule has 0 bridgehead atoms. The predicted molar refractivity (Wildman–Crippen MR) is 92.5 cm³/mol. The lowest BCUT2D eigenvalue weighted by Crippen LogP contribution is -2.14. The summed E-state index contributed by atoms with van der Waals surface area (Å²) in [6, 6.07) is 7.61. The molecular formula is C18H19N3O3. The summed E-state index contributed by atoms with van der Waals surface area (Å²) in [4.78, 5) is 30.6. The van der Waals surface area contributed by atoms with Gasteiger partial charge >= 0.3 is 5.97 Å². The molecule has 6 nitrogen and oxygen atoms in total. The summed E-state index contributed by atoms with van der Waals surface area (Å²) in [5.41, 5.74) is 3.64. The molecule has 124 valence electrons. The van der Waals surface area contributed by atoms with Crippen molar-refractivity contribution in [2.45, 2.75) is 20.8 Å². The largest absolute Gasteiger partial charge is 0.461 e. The normalized spacial score (nSPS) is 10.8. The highest BCUT2D eigenvalue weighted by Crippen LogP contribution is 2.22. The fourth-order valence-electron chi connectivity index (χ4n) is 2.82. The van der Waals surface area contributed by atoms with Crippen molar-refractivity contribution in [3.8, 4) is 0 Å². The van der Waals surface area contributed by atoms with Gasteiger partial charge < -0.3 is 20.0 Å². The molecule has 0 radical (unpaired) electrons. The van der Waals surface area contributed by atoms with Crippen molar-refractivity contribution in [3.63, 3.8) is 0 Å². The van der Waals surface area contributed by atoms with E-state index in [0.717, 1.165) is 10.9 Å². The zero-order valence-electron chi connectivity index (χ0n) is 13.8. The van der Waals surface area contributed by atoms with Crippen LogP contribution >= 0.6 is 0 Å². The van der Waals surface area contributed by atoms with Crippen LogP contribution in [0.1, 0.15) is 39.0 Å². The SMILES string of the molecule is CCOC(=O)c1[nH]c(C)c(C(=O)Nc2ccc3cc[nH]c3c2)c1C. The van der Waals surface area contributed by atoms with Crippen molar-refractivity contribution < 1.29 is 14.3 Å². The maximum Gasteiger partial charge on any atom is 0.355 e. The number of hydrogen-bond donors (Lipinski definition) is 3. The Kier molecular flexibility index (Phi) is 4.12. The van der Waals surface area contributed by atoms with Crippen LogP contribution in [0.3, 0.4) is 0 Å². The smallest absolute Gasteiger partial charge is 0.355 e. The van der Waals surface area contributed by atoms with Crippen LogP contribution in [0, 0.1) is 13.8 Å². The minimum atomic E-state index is -0.454. The summed E-state index contributed by atoms with van der Waals surface area (Å²) in [5, 5.41) is 3.95. The minimum Gasteiger partial charge on any atom is -0.461 e. The van der Waals surface area contributed by atoms with Gasteiger partial charge in [0.25, 0.3) is 5.91 Å². The van der Waals surface area contributed by atoms with E-state index in [-0.39, 0.29) is 12.5 Å². The van der Waals surface area contributed by atoms with E-state index in [1.165, 1.54) is 0 Å².